The number of nitrogens with zero attached hydrogens (tertiary/aromatic N) is 5. The molecule has 8 nitrogen and oxygen atoms in total. The summed E-state index contributed by atoms with van der Waals surface area (Å²) in [7, 11) is 3.35. The van der Waals surface area contributed by atoms with Crippen LogP contribution in [-0.4, -0.2) is 34.9 Å². The number of ether oxygens (including phenoxy) is 3. The van der Waals surface area contributed by atoms with Crippen molar-refractivity contribution in [1.82, 2.24) is 14.5 Å². The van der Waals surface area contributed by atoms with Gasteiger partial charge in [-0.05, 0) is 75.9 Å². The zero-order valence-electron chi connectivity index (χ0n) is 26.6. The van der Waals surface area contributed by atoms with E-state index in [0.717, 1.165) is 70.0 Å². The lowest BCUT2D eigenvalue weighted by molar-refractivity contribution is -0.00561. The van der Waals surface area contributed by atoms with Crippen LogP contribution in [0.2, 0.25) is 0 Å². The first-order valence-corrected chi connectivity index (χ1v) is 15.5. The van der Waals surface area contributed by atoms with Gasteiger partial charge in [-0.15, -0.1) is 0 Å². The lowest BCUT2D eigenvalue weighted by Gasteiger charge is -2.33. The molecule has 0 bridgehead atoms. The van der Waals surface area contributed by atoms with Crippen molar-refractivity contribution < 1.29 is 14.2 Å². The fourth-order valence-corrected chi connectivity index (χ4v) is 6.33. The zero-order valence-corrected chi connectivity index (χ0v) is 26.6. The van der Waals surface area contributed by atoms with Crippen molar-refractivity contribution in [3.8, 4) is 23.5 Å². The molecule has 0 aliphatic heterocycles. The Kier molecular flexibility index (Phi) is 8.72. The predicted octanol–water partition coefficient (Wildman–Crippen LogP) is 7.63. The van der Waals surface area contributed by atoms with Gasteiger partial charge < -0.3 is 19.1 Å². The highest BCUT2D eigenvalue weighted by atomic mass is 16.5. The molecule has 0 unspecified atom stereocenters. The molecule has 0 N–H and O–H groups in total. The standard InChI is InChI=1S/C37H39N5O3/c1-24(2)45-33-16-10-14-30-35(33)39-37(42-25(3)19-31-27(21-38)13-9-15-32(31)42)40-36(30)41(22-26-11-7-6-8-12-26)23-28-17-18-29(43-4)20-34(28)44-5/h6-9,11-13,15,17-20,24,33H,10,14,16,22-23H2,1-5H3/t33-/m0/s1. The quantitative estimate of drug-likeness (QED) is 0.163. The van der Waals surface area contributed by atoms with Gasteiger partial charge >= 0.3 is 0 Å². The molecule has 1 aliphatic carbocycles. The van der Waals surface area contributed by atoms with Gasteiger partial charge in [0.15, 0.2) is 0 Å². The van der Waals surface area contributed by atoms with Crippen molar-refractivity contribution in [3.63, 3.8) is 0 Å². The van der Waals surface area contributed by atoms with Crippen molar-refractivity contribution in [2.45, 2.75) is 65.3 Å². The molecule has 45 heavy (non-hydrogen) atoms. The first kappa shape index (κ1) is 30.2. The summed E-state index contributed by atoms with van der Waals surface area (Å²) >= 11 is 0. The van der Waals surface area contributed by atoms with Gasteiger partial charge in [0.2, 0.25) is 5.95 Å². The van der Waals surface area contributed by atoms with E-state index in [9.17, 15) is 5.26 Å². The molecule has 8 heteroatoms. The Bertz CT molecular complexity index is 1860. The fraction of sp³-hybridized carbons (Fsp3) is 0.324. The molecule has 230 valence electrons. The van der Waals surface area contributed by atoms with Crippen molar-refractivity contribution in [2.75, 3.05) is 19.1 Å². The molecular formula is C37H39N5O3. The number of hydrogen-bond donors (Lipinski definition) is 0. The van der Waals surface area contributed by atoms with Gasteiger partial charge in [0.25, 0.3) is 0 Å². The second-order valence-corrected chi connectivity index (χ2v) is 11.8. The van der Waals surface area contributed by atoms with Gasteiger partial charge in [0, 0.05) is 41.4 Å². The average molecular weight is 602 g/mol. The van der Waals surface area contributed by atoms with E-state index in [1.807, 2.05) is 49.4 Å². The summed E-state index contributed by atoms with van der Waals surface area (Å²) in [4.78, 5) is 12.9. The molecule has 1 atom stereocenters. The van der Waals surface area contributed by atoms with Crippen LogP contribution in [0.4, 0.5) is 5.82 Å². The van der Waals surface area contributed by atoms with Crippen molar-refractivity contribution in [3.05, 3.63) is 106 Å². The second kappa shape index (κ2) is 13.0. The Labute approximate surface area is 264 Å². The maximum atomic E-state index is 9.82. The van der Waals surface area contributed by atoms with Gasteiger partial charge in [-0.1, -0.05) is 36.4 Å². The predicted molar refractivity (Wildman–Crippen MR) is 176 cm³/mol. The minimum atomic E-state index is -0.139. The average Bonchev–Trinajstić information content (AvgIpc) is 3.40. The summed E-state index contributed by atoms with van der Waals surface area (Å²) in [5.74, 6) is 2.96. The molecule has 3 aromatic carbocycles. The number of benzene rings is 3. The molecular weight excluding hydrogens is 562 g/mol. The van der Waals surface area contributed by atoms with Crippen LogP contribution < -0.4 is 14.4 Å². The van der Waals surface area contributed by atoms with Crippen LogP contribution in [0, 0.1) is 18.3 Å². The van der Waals surface area contributed by atoms with E-state index >= 15 is 0 Å². The van der Waals surface area contributed by atoms with Crippen LogP contribution in [-0.2, 0) is 24.2 Å². The number of fused-ring (bicyclic) bond motifs is 2. The molecule has 0 spiro atoms. The van der Waals surface area contributed by atoms with E-state index in [4.69, 9.17) is 24.2 Å². The topological polar surface area (TPSA) is 85.4 Å². The third-order valence-electron chi connectivity index (χ3n) is 8.36. The van der Waals surface area contributed by atoms with Crippen LogP contribution in [0.25, 0.3) is 16.9 Å². The Balaban J connectivity index is 1.58. The third kappa shape index (κ3) is 6.09. The molecule has 1 aliphatic rings. The first-order valence-electron chi connectivity index (χ1n) is 15.5. The largest absolute Gasteiger partial charge is 0.497 e. The van der Waals surface area contributed by atoms with Crippen LogP contribution in [0.3, 0.4) is 0 Å². The van der Waals surface area contributed by atoms with Crippen LogP contribution in [0.15, 0.2) is 72.8 Å². The maximum Gasteiger partial charge on any atom is 0.236 e. The fourth-order valence-electron chi connectivity index (χ4n) is 6.33. The number of aromatic nitrogens is 3. The number of rotatable bonds is 10. The van der Waals surface area contributed by atoms with Gasteiger partial charge in [0.05, 0.1) is 43.2 Å². The van der Waals surface area contributed by atoms with E-state index in [-0.39, 0.29) is 12.2 Å². The normalized spacial score (nSPS) is 14.3. The highest BCUT2D eigenvalue weighted by Gasteiger charge is 2.31. The number of hydrogen-bond acceptors (Lipinski definition) is 7. The van der Waals surface area contributed by atoms with E-state index < -0.39 is 0 Å². The lowest BCUT2D eigenvalue weighted by Crippen LogP contribution is -2.29. The number of anilines is 1. The Morgan fingerprint density at radius 1 is 0.978 bits per heavy atom. The smallest absolute Gasteiger partial charge is 0.236 e. The van der Waals surface area contributed by atoms with Crippen LogP contribution in [0.1, 0.15) is 66.4 Å². The molecule has 6 rings (SSSR count). The van der Waals surface area contributed by atoms with Crippen LogP contribution >= 0.6 is 0 Å². The lowest BCUT2D eigenvalue weighted by atomic mass is 9.93. The third-order valence-corrected chi connectivity index (χ3v) is 8.36. The van der Waals surface area contributed by atoms with Crippen molar-refractivity contribution in [2.24, 2.45) is 0 Å². The number of methoxy groups -OCH3 is 2. The monoisotopic (exact) mass is 601 g/mol. The van der Waals surface area contributed by atoms with Crippen molar-refractivity contribution >= 4 is 16.7 Å². The molecule has 0 saturated heterocycles. The van der Waals surface area contributed by atoms with E-state index in [1.54, 1.807) is 14.2 Å². The van der Waals surface area contributed by atoms with Gasteiger partial charge in [-0.25, -0.2) is 4.98 Å². The summed E-state index contributed by atoms with van der Waals surface area (Å²) in [6.07, 6.45) is 2.66. The SMILES string of the molecule is COc1ccc(CN(Cc2ccccc2)c2nc(-n3c(C)cc4c(C#N)cccc43)nc3c2CCC[C@@H]3OC(C)C)c(OC)c1. The van der Waals surface area contributed by atoms with Gasteiger partial charge in [-0.3, -0.25) is 4.57 Å². The highest BCUT2D eigenvalue weighted by Crippen LogP contribution is 2.39. The second-order valence-electron chi connectivity index (χ2n) is 11.8. The highest BCUT2D eigenvalue weighted by molar-refractivity contribution is 5.88. The number of nitriles is 1. The summed E-state index contributed by atoms with van der Waals surface area (Å²) in [6, 6.07) is 26.6. The summed E-state index contributed by atoms with van der Waals surface area (Å²) < 4.78 is 19.9. The summed E-state index contributed by atoms with van der Waals surface area (Å²) in [5.41, 5.74) is 6.74. The van der Waals surface area contributed by atoms with Crippen molar-refractivity contribution in [1.29, 1.82) is 5.26 Å². The molecule has 0 radical (unpaired) electrons. The van der Waals surface area contributed by atoms with E-state index in [1.165, 1.54) is 5.56 Å². The van der Waals surface area contributed by atoms with Gasteiger partial charge in [0.1, 0.15) is 23.4 Å². The van der Waals surface area contributed by atoms with E-state index in [2.05, 4.69) is 59.7 Å². The zero-order chi connectivity index (χ0) is 31.5. The minimum Gasteiger partial charge on any atom is -0.497 e. The molecule has 0 amide bonds. The van der Waals surface area contributed by atoms with E-state index in [0.29, 0.717) is 24.6 Å². The Morgan fingerprint density at radius 3 is 2.53 bits per heavy atom. The molecule has 2 heterocycles. The summed E-state index contributed by atoms with van der Waals surface area (Å²) in [6.45, 7) is 7.38. The molecule has 0 saturated carbocycles. The number of aryl methyl sites for hydroxylation is 1. The molecule has 2 aromatic heterocycles. The van der Waals surface area contributed by atoms with Gasteiger partial charge in [-0.2, -0.15) is 10.2 Å². The summed E-state index contributed by atoms with van der Waals surface area (Å²) in [5, 5.41) is 10.7. The molecule has 5 aromatic rings. The maximum absolute atomic E-state index is 9.82. The Morgan fingerprint density at radius 2 is 1.80 bits per heavy atom. The molecule has 0 fully saturated rings. The minimum absolute atomic E-state index is 0.0547. The Hall–Kier alpha value is -4.87. The first-order chi connectivity index (χ1) is 21.9. The van der Waals surface area contributed by atoms with Crippen LogP contribution in [0.5, 0.6) is 11.5 Å².